The quantitative estimate of drug-likeness (QED) is 0.571. The number of hydrogen-bond donors (Lipinski definition) is 2. The van der Waals surface area contributed by atoms with Crippen molar-refractivity contribution < 1.29 is 8.42 Å². The minimum atomic E-state index is -3.60. The monoisotopic (exact) mass is 437 g/mol. The average Bonchev–Trinajstić information content (AvgIpc) is 3.16. The predicted octanol–water partition coefficient (Wildman–Crippen LogP) is 4.86. The lowest BCUT2D eigenvalue weighted by atomic mass is 10.1. The fourth-order valence-corrected chi connectivity index (χ4v) is 5.25. The predicted molar refractivity (Wildman–Crippen MR) is 127 cm³/mol. The van der Waals surface area contributed by atoms with Gasteiger partial charge in [0, 0.05) is 17.9 Å². The molecule has 0 spiro atoms. The Balaban J connectivity index is 1.46. The minimum absolute atomic E-state index is 0.262. The number of rotatable bonds is 4. The Morgan fingerprint density at radius 1 is 0.900 bits per heavy atom. The van der Waals surface area contributed by atoms with Gasteiger partial charge in [-0.1, -0.05) is 24.3 Å². The Hall–Kier alpha value is -2.90. The Morgan fingerprint density at radius 3 is 2.30 bits per heavy atom. The second-order valence-electron chi connectivity index (χ2n) is 7.36. The number of hydrogen-bond acceptors (Lipinski definition) is 3. The molecule has 0 radical (unpaired) electrons. The molecule has 1 aliphatic rings. The molecule has 5 nitrogen and oxygen atoms in total. The third kappa shape index (κ3) is 4.04. The van der Waals surface area contributed by atoms with E-state index < -0.39 is 10.0 Å². The largest absolute Gasteiger partial charge is 0.332 e. The number of nitrogens with zero attached hydrogens (tertiary/aromatic N) is 1. The first kappa shape index (κ1) is 20.4. The molecule has 0 saturated carbocycles. The van der Waals surface area contributed by atoms with E-state index in [1.807, 2.05) is 42.5 Å². The number of aryl methyl sites for hydroxylation is 2. The molecule has 1 heterocycles. The van der Waals surface area contributed by atoms with Crippen LogP contribution in [0.3, 0.4) is 0 Å². The molecule has 0 saturated heterocycles. The maximum atomic E-state index is 13.1. The number of sulfonamides is 1. The summed E-state index contributed by atoms with van der Waals surface area (Å²) in [7, 11) is -3.60. The van der Waals surface area contributed by atoms with Crippen LogP contribution in [0.4, 0.5) is 17.1 Å². The zero-order chi connectivity index (χ0) is 21.3. The molecule has 0 fully saturated rings. The summed E-state index contributed by atoms with van der Waals surface area (Å²) in [6.07, 6.45) is 0.730. The van der Waals surface area contributed by atoms with Crippen LogP contribution in [0.1, 0.15) is 16.7 Å². The van der Waals surface area contributed by atoms with Gasteiger partial charge in [-0.2, -0.15) is 0 Å². The highest BCUT2D eigenvalue weighted by Crippen LogP contribution is 2.32. The van der Waals surface area contributed by atoms with Crippen molar-refractivity contribution in [2.24, 2.45) is 0 Å². The van der Waals surface area contributed by atoms with Crippen LogP contribution in [0, 0.1) is 13.8 Å². The van der Waals surface area contributed by atoms with Gasteiger partial charge in [-0.15, -0.1) is 0 Å². The number of nitrogens with one attached hydrogen (secondary N) is 2. The van der Waals surface area contributed by atoms with Crippen LogP contribution in [-0.2, 0) is 16.4 Å². The fraction of sp³-hybridized carbons (Fsp3) is 0.174. The van der Waals surface area contributed by atoms with Gasteiger partial charge < -0.3 is 10.6 Å². The van der Waals surface area contributed by atoms with Crippen molar-refractivity contribution in [3.05, 3.63) is 83.4 Å². The first-order valence-electron chi connectivity index (χ1n) is 9.70. The van der Waals surface area contributed by atoms with Crippen LogP contribution < -0.4 is 14.9 Å². The zero-order valence-corrected chi connectivity index (χ0v) is 18.5. The maximum absolute atomic E-state index is 13.1. The molecule has 0 bridgehead atoms. The topological polar surface area (TPSA) is 61.4 Å². The second kappa shape index (κ2) is 8.08. The molecule has 154 valence electrons. The third-order valence-electron chi connectivity index (χ3n) is 5.31. The van der Waals surface area contributed by atoms with Gasteiger partial charge in [0.15, 0.2) is 5.11 Å². The van der Waals surface area contributed by atoms with Gasteiger partial charge in [0.25, 0.3) is 10.0 Å². The van der Waals surface area contributed by atoms with E-state index in [1.165, 1.54) is 15.4 Å². The SMILES string of the molecule is Cc1ccc(NC(=S)Nc2ccc(S(=O)(=O)N3CCc4ccccc43)cc2)cc1C. The summed E-state index contributed by atoms with van der Waals surface area (Å²) in [6.45, 7) is 4.58. The Labute approximate surface area is 182 Å². The fourth-order valence-electron chi connectivity index (χ4n) is 3.51. The van der Waals surface area contributed by atoms with Crippen molar-refractivity contribution in [2.45, 2.75) is 25.2 Å². The van der Waals surface area contributed by atoms with Crippen LogP contribution in [0.2, 0.25) is 0 Å². The van der Waals surface area contributed by atoms with Gasteiger partial charge in [0.2, 0.25) is 0 Å². The van der Waals surface area contributed by atoms with Crippen molar-refractivity contribution in [1.29, 1.82) is 0 Å². The van der Waals surface area contributed by atoms with Gasteiger partial charge in [-0.25, -0.2) is 8.42 Å². The van der Waals surface area contributed by atoms with Crippen LogP contribution in [0.5, 0.6) is 0 Å². The summed E-state index contributed by atoms with van der Waals surface area (Å²) >= 11 is 5.38. The summed E-state index contributed by atoms with van der Waals surface area (Å²) in [5, 5.41) is 6.70. The summed E-state index contributed by atoms with van der Waals surface area (Å²) in [4.78, 5) is 0.262. The highest BCUT2D eigenvalue weighted by atomic mass is 32.2. The molecule has 3 aromatic rings. The number of anilines is 3. The maximum Gasteiger partial charge on any atom is 0.264 e. The van der Waals surface area contributed by atoms with Gasteiger partial charge in [0.05, 0.1) is 10.6 Å². The standard InChI is InChI=1S/C23H23N3O2S2/c1-16-7-8-20(15-17(16)2)25-23(29)24-19-9-11-21(12-10-19)30(27,28)26-14-13-18-5-3-4-6-22(18)26/h3-12,15H,13-14H2,1-2H3,(H2,24,25,29). The molecule has 30 heavy (non-hydrogen) atoms. The van der Waals surface area contributed by atoms with Gasteiger partial charge in [0.1, 0.15) is 0 Å². The number of thiocarbonyl (C=S) groups is 1. The van der Waals surface area contributed by atoms with E-state index in [-0.39, 0.29) is 4.90 Å². The Bertz CT molecular complexity index is 1210. The highest BCUT2D eigenvalue weighted by Gasteiger charge is 2.30. The molecule has 1 aliphatic heterocycles. The zero-order valence-electron chi connectivity index (χ0n) is 16.8. The normalized spacial score (nSPS) is 13.1. The molecular weight excluding hydrogens is 414 g/mol. The molecule has 0 amide bonds. The Morgan fingerprint density at radius 2 is 1.57 bits per heavy atom. The van der Waals surface area contributed by atoms with E-state index >= 15 is 0 Å². The van der Waals surface area contributed by atoms with Crippen LogP contribution >= 0.6 is 12.2 Å². The summed E-state index contributed by atoms with van der Waals surface area (Å²) in [5.41, 5.74) is 5.85. The number of benzene rings is 3. The molecule has 0 aromatic heterocycles. The lowest BCUT2D eigenvalue weighted by Gasteiger charge is -2.20. The molecule has 4 rings (SSSR count). The average molecular weight is 438 g/mol. The van der Waals surface area contributed by atoms with Gasteiger partial charge in [-0.3, -0.25) is 4.31 Å². The molecule has 0 aliphatic carbocycles. The van der Waals surface area contributed by atoms with E-state index in [0.29, 0.717) is 11.7 Å². The summed E-state index contributed by atoms with van der Waals surface area (Å²) < 4.78 is 27.7. The van der Waals surface area contributed by atoms with E-state index in [9.17, 15) is 8.42 Å². The van der Waals surface area contributed by atoms with Crippen molar-refractivity contribution in [3.63, 3.8) is 0 Å². The van der Waals surface area contributed by atoms with E-state index in [0.717, 1.165) is 29.0 Å². The molecule has 2 N–H and O–H groups in total. The first-order valence-corrected chi connectivity index (χ1v) is 11.6. The minimum Gasteiger partial charge on any atom is -0.332 e. The second-order valence-corrected chi connectivity index (χ2v) is 9.63. The van der Waals surface area contributed by atoms with E-state index in [1.54, 1.807) is 24.3 Å². The van der Waals surface area contributed by atoms with Crippen LogP contribution in [-0.4, -0.2) is 20.1 Å². The molecular formula is C23H23N3O2S2. The molecule has 0 unspecified atom stereocenters. The number of fused-ring (bicyclic) bond motifs is 1. The Kier molecular flexibility index (Phi) is 5.49. The van der Waals surface area contributed by atoms with Crippen molar-refractivity contribution in [1.82, 2.24) is 0 Å². The highest BCUT2D eigenvalue weighted by molar-refractivity contribution is 7.92. The summed E-state index contributed by atoms with van der Waals surface area (Å²) in [6, 6.07) is 20.3. The lowest BCUT2D eigenvalue weighted by molar-refractivity contribution is 0.592. The van der Waals surface area contributed by atoms with Crippen LogP contribution in [0.15, 0.2) is 71.6 Å². The molecule has 7 heteroatoms. The third-order valence-corrected chi connectivity index (χ3v) is 7.34. The van der Waals surface area contributed by atoms with Crippen molar-refractivity contribution in [3.8, 4) is 0 Å². The molecule has 0 atom stereocenters. The van der Waals surface area contributed by atoms with Crippen LogP contribution in [0.25, 0.3) is 0 Å². The van der Waals surface area contributed by atoms with Gasteiger partial charge >= 0.3 is 0 Å². The van der Waals surface area contributed by atoms with Crippen molar-refractivity contribution >= 4 is 44.4 Å². The van der Waals surface area contributed by atoms with E-state index in [4.69, 9.17) is 12.2 Å². The number of para-hydroxylation sites is 1. The first-order chi connectivity index (χ1) is 14.3. The van der Waals surface area contributed by atoms with Crippen molar-refractivity contribution in [2.75, 3.05) is 21.5 Å². The smallest absolute Gasteiger partial charge is 0.264 e. The molecule has 3 aromatic carbocycles. The lowest BCUT2D eigenvalue weighted by Crippen LogP contribution is -2.29. The van der Waals surface area contributed by atoms with Gasteiger partial charge in [-0.05, 0) is 91.6 Å². The van der Waals surface area contributed by atoms with E-state index in [2.05, 4.69) is 24.5 Å². The summed E-state index contributed by atoms with van der Waals surface area (Å²) in [5.74, 6) is 0.